The van der Waals surface area contributed by atoms with Gasteiger partial charge >= 0.3 is 5.97 Å². The lowest BCUT2D eigenvalue weighted by atomic mass is 10.1. The molecule has 5 heteroatoms. The molecule has 1 aliphatic heterocycles. The van der Waals surface area contributed by atoms with Gasteiger partial charge in [-0.15, -0.1) is 0 Å². The minimum atomic E-state index is -0.408. The maximum absolute atomic E-state index is 12.0. The van der Waals surface area contributed by atoms with Crippen molar-refractivity contribution in [2.75, 3.05) is 19.7 Å². The molecule has 1 aliphatic rings. The van der Waals surface area contributed by atoms with Gasteiger partial charge in [0.25, 0.3) is 5.95 Å². The lowest BCUT2D eigenvalue weighted by Crippen LogP contribution is -2.20. The second-order valence-corrected chi connectivity index (χ2v) is 7.88. The SMILES string of the molecule is CCCCCCCCCCCCCCOc1ccc(C(=O)OC2CCNC2)o1. The summed E-state index contributed by atoms with van der Waals surface area (Å²) in [5, 5.41) is 3.17. The van der Waals surface area contributed by atoms with E-state index in [1.54, 1.807) is 12.1 Å². The van der Waals surface area contributed by atoms with E-state index in [2.05, 4.69) is 12.2 Å². The molecule has 1 atom stereocenters. The van der Waals surface area contributed by atoms with Gasteiger partial charge in [-0.05, 0) is 25.5 Å². The molecule has 5 nitrogen and oxygen atoms in total. The summed E-state index contributed by atoms with van der Waals surface area (Å²) in [5.74, 6) is 0.213. The van der Waals surface area contributed by atoms with Crippen LogP contribution in [0.15, 0.2) is 16.5 Å². The van der Waals surface area contributed by atoms with Crippen molar-refractivity contribution >= 4 is 5.97 Å². The fourth-order valence-electron chi connectivity index (χ4n) is 3.56. The van der Waals surface area contributed by atoms with E-state index in [0.717, 1.165) is 25.9 Å². The third kappa shape index (κ3) is 9.63. The van der Waals surface area contributed by atoms with Gasteiger partial charge in [-0.3, -0.25) is 0 Å². The molecule has 0 saturated carbocycles. The maximum atomic E-state index is 12.0. The van der Waals surface area contributed by atoms with Gasteiger partial charge in [0.1, 0.15) is 6.10 Å². The summed E-state index contributed by atoms with van der Waals surface area (Å²) in [5.41, 5.74) is 0. The van der Waals surface area contributed by atoms with Crippen LogP contribution >= 0.6 is 0 Å². The van der Waals surface area contributed by atoms with Crippen LogP contribution in [0.2, 0.25) is 0 Å². The molecule has 0 bridgehead atoms. The molecule has 28 heavy (non-hydrogen) atoms. The van der Waals surface area contributed by atoms with Gasteiger partial charge in [0.05, 0.1) is 6.61 Å². The first-order valence-corrected chi connectivity index (χ1v) is 11.4. The highest BCUT2D eigenvalue weighted by Gasteiger charge is 2.22. The largest absolute Gasteiger partial charge is 0.465 e. The van der Waals surface area contributed by atoms with Gasteiger partial charge in [-0.2, -0.15) is 0 Å². The minimum Gasteiger partial charge on any atom is -0.465 e. The first-order valence-electron chi connectivity index (χ1n) is 11.4. The highest BCUT2D eigenvalue weighted by Crippen LogP contribution is 2.19. The highest BCUT2D eigenvalue weighted by atomic mass is 16.6. The Bertz CT molecular complexity index is 522. The molecule has 1 aromatic rings. The summed E-state index contributed by atoms with van der Waals surface area (Å²) < 4.78 is 16.4. The molecule has 1 aromatic heterocycles. The number of hydrogen-bond acceptors (Lipinski definition) is 5. The number of furan rings is 1. The highest BCUT2D eigenvalue weighted by molar-refractivity contribution is 5.86. The number of ether oxygens (including phenoxy) is 2. The lowest BCUT2D eigenvalue weighted by Gasteiger charge is -2.08. The number of rotatable bonds is 16. The Kier molecular flexibility index (Phi) is 11.8. The van der Waals surface area contributed by atoms with Crippen molar-refractivity contribution in [1.29, 1.82) is 0 Å². The van der Waals surface area contributed by atoms with Crippen LogP contribution in [-0.4, -0.2) is 31.8 Å². The third-order valence-corrected chi connectivity index (χ3v) is 5.31. The molecule has 2 rings (SSSR count). The smallest absolute Gasteiger partial charge is 0.374 e. The summed E-state index contributed by atoms with van der Waals surface area (Å²) in [6.45, 7) is 4.51. The van der Waals surface area contributed by atoms with Crippen LogP contribution < -0.4 is 10.1 Å². The maximum Gasteiger partial charge on any atom is 0.374 e. The molecule has 0 aliphatic carbocycles. The molecular formula is C23H39NO4. The van der Waals surface area contributed by atoms with E-state index in [1.807, 2.05) is 0 Å². The molecule has 0 amide bonds. The normalized spacial score (nSPS) is 16.4. The van der Waals surface area contributed by atoms with Crippen LogP contribution in [0.3, 0.4) is 0 Å². The van der Waals surface area contributed by atoms with Crippen molar-refractivity contribution in [2.24, 2.45) is 0 Å². The average Bonchev–Trinajstić information content (AvgIpc) is 3.37. The molecule has 0 radical (unpaired) electrons. The lowest BCUT2D eigenvalue weighted by molar-refractivity contribution is 0.0301. The number of esters is 1. The standard InChI is InChI=1S/C23H39NO4/c1-2-3-4-5-6-7-8-9-10-11-12-13-18-26-22-15-14-21(28-22)23(25)27-20-16-17-24-19-20/h14-15,20,24H,2-13,16-19H2,1H3. The zero-order valence-electron chi connectivity index (χ0n) is 17.7. The zero-order valence-corrected chi connectivity index (χ0v) is 17.7. The first kappa shape index (κ1) is 22.8. The topological polar surface area (TPSA) is 60.7 Å². The van der Waals surface area contributed by atoms with Crippen LogP contribution in [0.4, 0.5) is 0 Å². The second-order valence-electron chi connectivity index (χ2n) is 7.88. The molecule has 1 N–H and O–H groups in total. The van der Waals surface area contributed by atoms with Crippen LogP contribution in [0.1, 0.15) is 101 Å². The van der Waals surface area contributed by atoms with E-state index >= 15 is 0 Å². The Morgan fingerprint density at radius 3 is 2.25 bits per heavy atom. The number of carbonyl (C=O) groups is 1. The second kappa shape index (κ2) is 14.5. The molecule has 2 heterocycles. The van der Waals surface area contributed by atoms with E-state index in [9.17, 15) is 4.79 Å². The van der Waals surface area contributed by atoms with E-state index in [4.69, 9.17) is 13.9 Å². The van der Waals surface area contributed by atoms with Gasteiger partial charge in [-0.25, -0.2) is 4.79 Å². The number of nitrogens with one attached hydrogen (secondary N) is 1. The predicted molar refractivity (Wildman–Crippen MR) is 112 cm³/mol. The summed E-state index contributed by atoms with van der Waals surface area (Å²) >= 11 is 0. The van der Waals surface area contributed by atoms with Crippen LogP contribution in [0, 0.1) is 0 Å². The fraction of sp³-hybridized carbons (Fsp3) is 0.783. The van der Waals surface area contributed by atoms with Crippen molar-refractivity contribution < 1.29 is 18.7 Å². The van der Waals surface area contributed by atoms with Gasteiger partial charge in [0, 0.05) is 12.6 Å². The molecule has 0 spiro atoms. The first-order chi connectivity index (χ1) is 13.8. The quantitative estimate of drug-likeness (QED) is 0.281. The molecule has 1 unspecified atom stereocenters. The number of unbranched alkanes of at least 4 members (excludes halogenated alkanes) is 11. The van der Waals surface area contributed by atoms with Crippen molar-refractivity contribution in [3.8, 4) is 5.95 Å². The molecular weight excluding hydrogens is 354 g/mol. The van der Waals surface area contributed by atoms with E-state index in [0.29, 0.717) is 12.6 Å². The van der Waals surface area contributed by atoms with Gasteiger partial charge in [0.2, 0.25) is 5.76 Å². The molecule has 0 aromatic carbocycles. The predicted octanol–water partition coefficient (Wildman–Crippen LogP) is 5.88. The Balaban J connectivity index is 1.41. The fourth-order valence-corrected chi connectivity index (χ4v) is 3.56. The van der Waals surface area contributed by atoms with E-state index < -0.39 is 5.97 Å². The van der Waals surface area contributed by atoms with Gasteiger partial charge in [-0.1, -0.05) is 77.6 Å². The van der Waals surface area contributed by atoms with Gasteiger partial charge in [0.15, 0.2) is 0 Å². The monoisotopic (exact) mass is 393 g/mol. The summed E-state index contributed by atoms with van der Waals surface area (Å²) in [6.07, 6.45) is 16.7. The Hall–Kier alpha value is -1.49. The molecule has 1 fully saturated rings. The van der Waals surface area contributed by atoms with Crippen LogP contribution in [-0.2, 0) is 4.74 Å². The Labute approximate surface area is 170 Å². The van der Waals surface area contributed by atoms with Crippen molar-refractivity contribution in [3.63, 3.8) is 0 Å². The van der Waals surface area contributed by atoms with Crippen molar-refractivity contribution in [1.82, 2.24) is 5.32 Å². The van der Waals surface area contributed by atoms with Crippen molar-refractivity contribution in [3.05, 3.63) is 17.9 Å². The molecule has 160 valence electrons. The van der Waals surface area contributed by atoms with Crippen LogP contribution in [0.5, 0.6) is 5.95 Å². The van der Waals surface area contributed by atoms with Crippen molar-refractivity contribution in [2.45, 2.75) is 96.5 Å². The average molecular weight is 394 g/mol. The zero-order chi connectivity index (χ0) is 19.9. The van der Waals surface area contributed by atoms with Gasteiger partial charge < -0.3 is 19.2 Å². The molecule has 1 saturated heterocycles. The Morgan fingerprint density at radius 2 is 1.64 bits per heavy atom. The van der Waals surface area contributed by atoms with Crippen LogP contribution in [0.25, 0.3) is 0 Å². The summed E-state index contributed by atoms with van der Waals surface area (Å²) in [4.78, 5) is 12.0. The van der Waals surface area contributed by atoms with E-state index in [1.165, 1.54) is 70.6 Å². The number of hydrogen-bond donors (Lipinski definition) is 1. The minimum absolute atomic E-state index is 0.0528. The third-order valence-electron chi connectivity index (χ3n) is 5.31. The summed E-state index contributed by atoms with van der Waals surface area (Å²) in [7, 11) is 0. The van der Waals surface area contributed by atoms with E-state index in [-0.39, 0.29) is 11.9 Å². The Morgan fingerprint density at radius 1 is 1.00 bits per heavy atom. The number of carbonyl (C=O) groups excluding carboxylic acids is 1. The summed E-state index contributed by atoms with van der Waals surface area (Å²) in [6, 6.07) is 3.33.